The van der Waals surface area contributed by atoms with Crippen molar-refractivity contribution < 1.29 is 9.18 Å². The molecule has 1 aliphatic heterocycles. The average Bonchev–Trinajstić information content (AvgIpc) is 3.25. The number of nitrogens with zero attached hydrogens (tertiary/aromatic N) is 7. The second-order valence-electron chi connectivity index (χ2n) is 9.00. The molecule has 1 aromatic carbocycles. The number of hydrogen-bond donors (Lipinski definition) is 1. The first-order valence-corrected chi connectivity index (χ1v) is 11.9. The predicted molar refractivity (Wildman–Crippen MR) is 132 cm³/mol. The van der Waals surface area contributed by atoms with Gasteiger partial charge in [-0.3, -0.25) is 19.4 Å². The molecule has 10 heteroatoms. The summed E-state index contributed by atoms with van der Waals surface area (Å²) in [5.41, 5.74) is 3.30. The van der Waals surface area contributed by atoms with Crippen molar-refractivity contribution in [2.45, 2.75) is 32.4 Å². The van der Waals surface area contributed by atoms with Gasteiger partial charge in [-0.05, 0) is 56.2 Å². The van der Waals surface area contributed by atoms with Gasteiger partial charge in [0.1, 0.15) is 17.3 Å². The minimum absolute atomic E-state index is 0.0922. The van der Waals surface area contributed by atoms with E-state index in [2.05, 4.69) is 35.5 Å². The Morgan fingerprint density at radius 1 is 1.08 bits per heavy atom. The normalized spacial score (nSPS) is 14.6. The molecule has 0 saturated carbocycles. The molecule has 5 rings (SSSR count). The van der Waals surface area contributed by atoms with Crippen molar-refractivity contribution in [2.75, 3.05) is 13.1 Å². The van der Waals surface area contributed by atoms with Gasteiger partial charge < -0.3 is 5.32 Å². The first-order valence-electron chi connectivity index (χ1n) is 11.9. The summed E-state index contributed by atoms with van der Waals surface area (Å²) in [6, 6.07) is 13.6. The fourth-order valence-electron chi connectivity index (χ4n) is 4.23. The highest BCUT2D eigenvalue weighted by atomic mass is 19.1. The molecule has 0 unspecified atom stereocenters. The van der Waals surface area contributed by atoms with Crippen molar-refractivity contribution in [3.05, 3.63) is 77.6 Å². The number of amides is 1. The smallest absolute Gasteiger partial charge is 0.253 e. The Bertz CT molecular complexity index is 1350. The van der Waals surface area contributed by atoms with Gasteiger partial charge in [-0.2, -0.15) is 5.10 Å². The van der Waals surface area contributed by atoms with Crippen molar-refractivity contribution in [2.24, 2.45) is 7.05 Å². The monoisotopic (exact) mass is 486 g/mol. The van der Waals surface area contributed by atoms with E-state index in [1.807, 2.05) is 26.1 Å². The Balaban J connectivity index is 1.13. The van der Waals surface area contributed by atoms with E-state index >= 15 is 0 Å². The number of piperidine rings is 1. The van der Waals surface area contributed by atoms with E-state index < -0.39 is 0 Å². The molecule has 1 saturated heterocycles. The maximum absolute atomic E-state index is 13.5. The van der Waals surface area contributed by atoms with Crippen molar-refractivity contribution in [3.8, 4) is 22.8 Å². The lowest BCUT2D eigenvalue weighted by molar-refractivity contribution is 0.0907. The third kappa shape index (κ3) is 5.44. The Hall–Kier alpha value is -4.05. The number of aryl methyl sites for hydroxylation is 2. The highest BCUT2D eigenvalue weighted by Gasteiger charge is 2.23. The Kier molecular flexibility index (Phi) is 6.77. The van der Waals surface area contributed by atoms with Crippen LogP contribution in [0.1, 0.15) is 34.7 Å². The lowest BCUT2D eigenvalue weighted by Gasteiger charge is -2.31. The average molecular weight is 487 g/mol. The van der Waals surface area contributed by atoms with Crippen LogP contribution in [0.4, 0.5) is 4.39 Å². The van der Waals surface area contributed by atoms with Gasteiger partial charge in [-0.25, -0.2) is 9.37 Å². The SMILES string of the molecule is Cc1ccc(-c2nc(CN3CCC(NC(=O)c4ccc(-c5cccc(F)c5)nc4)CC3)n(C)n2)nn1. The second-order valence-corrected chi connectivity index (χ2v) is 9.00. The van der Waals surface area contributed by atoms with E-state index in [0.29, 0.717) is 34.9 Å². The topological polar surface area (TPSA) is 102 Å². The van der Waals surface area contributed by atoms with Crippen LogP contribution in [0.3, 0.4) is 0 Å². The number of benzene rings is 1. The molecule has 184 valence electrons. The third-order valence-corrected chi connectivity index (χ3v) is 6.31. The fraction of sp³-hybridized carbons (Fsp3) is 0.308. The standard InChI is InChI=1S/C26H27FN8O/c1-17-6-8-23(32-31-17)25-30-24(34(2)33-25)16-35-12-10-21(11-13-35)29-26(36)19-7-9-22(28-15-19)18-4-3-5-20(27)14-18/h3-9,14-15,21H,10-13,16H2,1-2H3,(H,29,36). The molecule has 1 aliphatic rings. The van der Waals surface area contributed by atoms with Gasteiger partial charge in [0.2, 0.25) is 5.82 Å². The summed E-state index contributed by atoms with van der Waals surface area (Å²) in [7, 11) is 1.88. The van der Waals surface area contributed by atoms with Gasteiger partial charge in [0.05, 0.1) is 23.5 Å². The lowest BCUT2D eigenvalue weighted by atomic mass is 10.0. The fourth-order valence-corrected chi connectivity index (χ4v) is 4.23. The zero-order valence-electron chi connectivity index (χ0n) is 20.2. The minimum Gasteiger partial charge on any atom is -0.349 e. The number of carbonyl (C=O) groups excluding carboxylic acids is 1. The number of likely N-dealkylation sites (tertiary alicyclic amines) is 1. The van der Waals surface area contributed by atoms with Gasteiger partial charge in [0, 0.05) is 37.9 Å². The molecule has 4 aromatic rings. The maximum Gasteiger partial charge on any atom is 0.253 e. The van der Waals surface area contributed by atoms with E-state index in [1.165, 1.54) is 18.3 Å². The quantitative estimate of drug-likeness (QED) is 0.447. The zero-order chi connectivity index (χ0) is 25.1. The summed E-state index contributed by atoms with van der Waals surface area (Å²) >= 11 is 0. The molecule has 36 heavy (non-hydrogen) atoms. The van der Waals surface area contributed by atoms with Crippen molar-refractivity contribution >= 4 is 5.91 Å². The Labute approximate surface area is 208 Å². The largest absolute Gasteiger partial charge is 0.349 e. The third-order valence-electron chi connectivity index (χ3n) is 6.31. The number of carbonyl (C=O) groups is 1. The number of halogens is 1. The first-order chi connectivity index (χ1) is 17.4. The summed E-state index contributed by atoms with van der Waals surface area (Å²) in [6.07, 6.45) is 3.22. The summed E-state index contributed by atoms with van der Waals surface area (Å²) in [5.74, 6) is 0.963. The minimum atomic E-state index is -0.317. The maximum atomic E-state index is 13.5. The van der Waals surface area contributed by atoms with Crippen LogP contribution in [0.25, 0.3) is 22.8 Å². The number of nitrogens with one attached hydrogen (secondary N) is 1. The van der Waals surface area contributed by atoms with Crippen molar-refractivity contribution in [3.63, 3.8) is 0 Å². The van der Waals surface area contributed by atoms with Crippen LogP contribution < -0.4 is 5.32 Å². The summed E-state index contributed by atoms with van der Waals surface area (Å²) in [4.78, 5) is 24.0. The number of rotatable bonds is 6. The highest BCUT2D eigenvalue weighted by Crippen LogP contribution is 2.19. The summed E-state index contributed by atoms with van der Waals surface area (Å²) < 4.78 is 15.2. The van der Waals surface area contributed by atoms with Gasteiger partial charge >= 0.3 is 0 Å². The van der Waals surface area contributed by atoms with Crippen molar-refractivity contribution in [1.82, 2.24) is 40.2 Å². The molecular formula is C26H27FN8O. The summed E-state index contributed by atoms with van der Waals surface area (Å²) in [6.45, 7) is 4.25. The number of hydrogen-bond acceptors (Lipinski definition) is 7. The van der Waals surface area contributed by atoms with E-state index in [0.717, 1.165) is 37.4 Å². The molecule has 4 heterocycles. The second kappa shape index (κ2) is 10.3. The first kappa shape index (κ1) is 23.7. The van der Waals surface area contributed by atoms with Crippen LogP contribution in [0.2, 0.25) is 0 Å². The molecule has 1 N–H and O–H groups in total. The molecule has 9 nitrogen and oxygen atoms in total. The molecule has 0 aliphatic carbocycles. The van der Waals surface area contributed by atoms with E-state index in [-0.39, 0.29) is 17.8 Å². The molecule has 0 bridgehead atoms. The molecule has 1 amide bonds. The molecule has 0 spiro atoms. The van der Waals surface area contributed by atoms with Gasteiger partial charge in [-0.1, -0.05) is 12.1 Å². The van der Waals surface area contributed by atoms with Gasteiger partial charge in [-0.15, -0.1) is 10.2 Å². The van der Waals surface area contributed by atoms with E-state index in [1.54, 1.807) is 28.9 Å². The van der Waals surface area contributed by atoms with E-state index in [9.17, 15) is 9.18 Å². The lowest BCUT2D eigenvalue weighted by Crippen LogP contribution is -2.44. The van der Waals surface area contributed by atoms with Crippen LogP contribution in [0, 0.1) is 12.7 Å². The van der Waals surface area contributed by atoms with Crippen LogP contribution in [-0.4, -0.2) is 59.9 Å². The van der Waals surface area contributed by atoms with E-state index in [4.69, 9.17) is 0 Å². The van der Waals surface area contributed by atoms with Crippen LogP contribution >= 0.6 is 0 Å². The Morgan fingerprint density at radius 2 is 1.89 bits per heavy atom. The van der Waals surface area contributed by atoms with Gasteiger partial charge in [0.15, 0.2) is 0 Å². The predicted octanol–water partition coefficient (Wildman–Crippen LogP) is 3.18. The molecule has 1 fully saturated rings. The molecule has 0 radical (unpaired) electrons. The molecule has 3 aromatic heterocycles. The number of pyridine rings is 1. The summed E-state index contributed by atoms with van der Waals surface area (Å²) in [5, 5.41) is 15.9. The molecular weight excluding hydrogens is 459 g/mol. The Morgan fingerprint density at radius 3 is 2.58 bits per heavy atom. The van der Waals surface area contributed by atoms with Crippen molar-refractivity contribution in [1.29, 1.82) is 0 Å². The number of aromatic nitrogens is 6. The highest BCUT2D eigenvalue weighted by molar-refractivity contribution is 5.94. The zero-order valence-corrected chi connectivity index (χ0v) is 20.2. The van der Waals surface area contributed by atoms with Crippen LogP contribution in [-0.2, 0) is 13.6 Å². The van der Waals surface area contributed by atoms with Crippen LogP contribution in [0.5, 0.6) is 0 Å². The molecule has 0 atom stereocenters. The van der Waals surface area contributed by atoms with Gasteiger partial charge in [0.25, 0.3) is 5.91 Å². The van der Waals surface area contributed by atoms with Crippen LogP contribution in [0.15, 0.2) is 54.7 Å².